The van der Waals surface area contributed by atoms with Crippen LogP contribution >= 0.6 is 11.3 Å². The molecule has 0 radical (unpaired) electrons. The van der Waals surface area contributed by atoms with Gasteiger partial charge >= 0.3 is 11.9 Å². The summed E-state index contributed by atoms with van der Waals surface area (Å²) in [5, 5.41) is 12.7. The Morgan fingerprint density at radius 1 is 1.07 bits per heavy atom. The van der Waals surface area contributed by atoms with Crippen LogP contribution in [0.1, 0.15) is 39.2 Å². The molecule has 2 unspecified atom stereocenters. The van der Waals surface area contributed by atoms with Crippen LogP contribution in [0.4, 0.5) is 5.00 Å². The quantitative estimate of drug-likeness (QED) is 0.531. The van der Waals surface area contributed by atoms with Gasteiger partial charge in [0.1, 0.15) is 10.6 Å². The highest BCUT2D eigenvalue weighted by Crippen LogP contribution is 2.41. The van der Waals surface area contributed by atoms with Crippen LogP contribution in [0.25, 0.3) is 11.1 Å². The normalized spacial score (nSPS) is 18.1. The Labute approximate surface area is 179 Å². The lowest BCUT2D eigenvalue weighted by Gasteiger charge is -2.24. The standard InChI is InChI=1S/C23H25NO5S/c1-12-9-10-15(11-13(12)2)18-14(3)30-21(19(18)23(28)29-4)24-20(25)16-7-5-6-8-17(16)22(26)27/h5-6,9-11,16-17H,7-8H2,1-4H3,(H,24,25)(H,26,27). The number of benzene rings is 1. The second kappa shape index (κ2) is 8.83. The maximum atomic E-state index is 12.9. The summed E-state index contributed by atoms with van der Waals surface area (Å²) in [6.07, 6.45) is 4.28. The van der Waals surface area contributed by atoms with E-state index < -0.39 is 29.7 Å². The van der Waals surface area contributed by atoms with Gasteiger partial charge in [-0.15, -0.1) is 11.3 Å². The number of anilines is 1. The third-order valence-corrected chi connectivity index (χ3v) is 6.61. The van der Waals surface area contributed by atoms with Crippen molar-refractivity contribution in [2.45, 2.75) is 33.6 Å². The number of aryl methyl sites for hydroxylation is 3. The Bertz CT molecular complexity index is 1040. The van der Waals surface area contributed by atoms with Crippen molar-refractivity contribution in [3.8, 4) is 11.1 Å². The van der Waals surface area contributed by atoms with Crippen molar-refractivity contribution in [3.63, 3.8) is 0 Å². The van der Waals surface area contributed by atoms with Crippen molar-refractivity contribution in [3.05, 3.63) is 51.9 Å². The molecule has 1 aromatic carbocycles. The lowest BCUT2D eigenvalue weighted by atomic mass is 9.82. The molecule has 3 rings (SSSR count). The number of hydrogen-bond acceptors (Lipinski definition) is 5. The molecule has 0 saturated carbocycles. The van der Waals surface area contributed by atoms with Gasteiger partial charge in [0.2, 0.25) is 5.91 Å². The van der Waals surface area contributed by atoms with Gasteiger partial charge in [-0.2, -0.15) is 0 Å². The van der Waals surface area contributed by atoms with Crippen LogP contribution in [0.15, 0.2) is 30.4 Å². The molecule has 1 aromatic heterocycles. The van der Waals surface area contributed by atoms with Crippen LogP contribution in [-0.2, 0) is 14.3 Å². The number of esters is 1. The highest BCUT2D eigenvalue weighted by Gasteiger charge is 2.35. The molecule has 6 nitrogen and oxygen atoms in total. The summed E-state index contributed by atoms with van der Waals surface area (Å²) < 4.78 is 5.00. The van der Waals surface area contributed by atoms with Crippen LogP contribution in [-0.4, -0.2) is 30.1 Å². The summed E-state index contributed by atoms with van der Waals surface area (Å²) in [7, 11) is 1.30. The second-order valence-corrected chi connectivity index (χ2v) is 8.74. The molecule has 0 saturated heterocycles. The number of allylic oxidation sites excluding steroid dienone is 2. The molecule has 0 spiro atoms. The molecule has 2 atom stereocenters. The van der Waals surface area contributed by atoms with E-state index >= 15 is 0 Å². The molecule has 2 N–H and O–H groups in total. The zero-order valence-corrected chi connectivity index (χ0v) is 18.3. The van der Waals surface area contributed by atoms with E-state index in [0.29, 0.717) is 23.4 Å². The summed E-state index contributed by atoms with van der Waals surface area (Å²) in [4.78, 5) is 38.0. The Morgan fingerprint density at radius 2 is 1.73 bits per heavy atom. The molecular formula is C23H25NO5S. The first-order valence-corrected chi connectivity index (χ1v) is 10.5. The zero-order chi connectivity index (χ0) is 22.0. The molecule has 0 fully saturated rings. The Balaban J connectivity index is 2.02. The minimum absolute atomic E-state index is 0.301. The van der Waals surface area contributed by atoms with Crippen molar-refractivity contribution in [1.29, 1.82) is 0 Å². The predicted octanol–water partition coefficient (Wildman–Crippen LogP) is 4.73. The van der Waals surface area contributed by atoms with Crippen molar-refractivity contribution in [2.75, 3.05) is 12.4 Å². The van der Waals surface area contributed by atoms with Gasteiger partial charge in [0, 0.05) is 10.4 Å². The van der Waals surface area contributed by atoms with Gasteiger partial charge in [0.25, 0.3) is 0 Å². The van der Waals surface area contributed by atoms with Crippen LogP contribution in [0.5, 0.6) is 0 Å². The number of thiophene rings is 1. The van der Waals surface area contributed by atoms with Gasteiger partial charge in [-0.3, -0.25) is 9.59 Å². The maximum Gasteiger partial charge on any atom is 0.341 e. The van der Waals surface area contributed by atoms with Gasteiger partial charge in [-0.05, 0) is 50.3 Å². The Hall–Kier alpha value is -2.93. The molecule has 1 amide bonds. The van der Waals surface area contributed by atoms with E-state index in [1.807, 2.05) is 45.0 Å². The molecule has 1 aliphatic rings. The number of ether oxygens (including phenoxy) is 1. The van der Waals surface area contributed by atoms with Crippen molar-refractivity contribution >= 4 is 34.2 Å². The highest BCUT2D eigenvalue weighted by atomic mass is 32.1. The summed E-state index contributed by atoms with van der Waals surface area (Å²) in [6.45, 7) is 5.91. The molecule has 0 aliphatic heterocycles. The van der Waals surface area contributed by atoms with Gasteiger partial charge in [0.05, 0.1) is 18.9 Å². The first-order valence-electron chi connectivity index (χ1n) is 9.72. The lowest BCUT2D eigenvalue weighted by molar-refractivity contribution is -0.146. The van der Waals surface area contributed by atoms with Gasteiger partial charge in [0.15, 0.2) is 0 Å². The molecule has 1 heterocycles. The average Bonchev–Trinajstić information content (AvgIpc) is 3.04. The van der Waals surface area contributed by atoms with E-state index in [4.69, 9.17) is 4.74 Å². The monoisotopic (exact) mass is 427 g/mol. The van der Waals surface area contributed by atoms with E-state index in [1.54, 1.807) is 6.08 Å². The number of hydrogen-bond donors (Lipinski definition) is 2. The molecule has 158 valence electrons. The average molecular weight is 428 g/mol. The molecule has 1 aliphatic carbocycles. The van der Waals surface area contributed by atoms with E-state index in [1.165, 1.54) is 18.4 Å². The van der Waals surface area contributed by atoms with Gasteiger partial charge < -0.3 is 15.2 Å². The predicted molar refractivity (Wildman–Crippen MR) is 117 cm³/mol. The number of rotatable bonds is 5. The maximum absolute atomic E-state index is 12.9. The molecule has 0 bridgehead atoms. The van der Waals surface area contributed by atoms with Crippen LogP contribution in [0, 0.1) is 32.6 Å². The minimum Gasteiger partial charge on any atom is -0.481 e. The van der Waals surface area contributed by atoms with E-state index in [0.717, 1.165) is 27.1 Å². The fourth-order valence-electron chi connectivity index (χ4n) is 3.76. The van der Waals surface area contributed by atoms with Crippen molar-refractivity contribution < 1.29 is 24.2 Å². The number of nitrogens with one attached hydrogen (secondary N) is 1. The van der Waals surface area contributed by atoms with Crippen molar-refractivity contribution in [1.82, 2.24) is 0 Å². The molecule has 2 aromatic rings. The fraction of sp³-hybridized carbons (Fsp3) is 0.348. The van der Waals surface area contributed by atoms with Crippen molar-refractivity contribution in [2.24, 2.45) is 11.8 Å². The largest absolute Gasteiger partial charge is 0.481 e. The molecule has 7 heteroatoms. The highest BCUT2D eigenvalue weighted by molar-refractivity contribution is 7.17. The van der Waals surface area contributed by atoms with Crippen LogP contribution in [0.2, 0.25) is 0 Å². The number of carboxylic acid groups (broad SMARTS) is 1. The summed E-state index contributed by atoms with van der Waals surface area (Å²) in [6, 6.07) is 5.95. The van der Waals surface area contributed by atoms with Crippen LogP contribution in [0.3, 0.4) is 0 Å². The molecular weight excluding hydrogens is 402 g/mol. The first kappa shape index (κ1) is 21.8. The topological polar surface area (TPSA) is 92.7 Å². The smallest absolute Gasteiger partial charge is 0.341 e. The van der Waals surface area contributed by atoms with Gasteiger partial charge in [-0.1, -0.05) is 30.4 Å². The van der Waals surface area contributed by atoms with E-state index in [2.05, 4.69) is 5.32 Å². The van der Waals surface area contributed by atoms with E-state index in [-0.39, 0.29) is 0 Å². The summed E-state index contributed by atoms with van der Waals surface area (Å²) in [5.41, 5.74) is 4.14. The number of carbonyl (C=O) groups excluding carboxylic acids is 2. The zero-order valence-electron chi connectivity index (χ0n) is 17.4. The number of methoxy groups -OCH3 is 1. The minimum atomic E-state index is -0.995. The Morgan fingerprint density at radius 3 is 2.33 bits per heavy atom. The number of aliphatic carboxylic acids is 1. The SMILES string of the molecule is COC(=O)c1c(NC(=O)C2CC=CCC2C(=O)O)sc(C)c1-c1ccc(C)c(C)c1. The number of carboxylic acids is 1. The molecule has 30 heavy (non-hydrogen) atoms. The number of carbonyl (C=O) groups is 3. The van der Waals surface area contributed by atoms with E-state index in [9.17, 15) is 19.5 Å². The third-order valence-electron chi connectivity index (χ3n) is 5.59. The first-order chi connectivity index (χ1) is 14.2. The summed E-state index contributed by atoms with van der Waals surface area (Å²) in [5.74, 6) is -3.40. The summed E-state index contributed by atoms with van der Waals surface area (Å²) >= 11 is 1.29. The second-order valence-electron chi connectivity index (χ2n) is 7.51. The van der Waals surface area contributed by atoms with Gasteiger partial charge in [-0.25, -0.2) is 4.79 Å². The lowest BCUT2D eigenvalue weighted by Crippen LogP contribution is -2.34. The fourth-order valence-corrected chi connectivity index (χ4v) is 4.82. The third kappa shape index (κ3) is 4.16. The Kier molecular flexibility index (Phi) is 6.41. The van der Waals surface area contributed by atoms with Crippen LogP contribution < -0.4 is 5.32 Å². The number of amides is 1.